The van der Waals surface area contributed by atoms with Crippen LogP contribution in [0.15, 0.2) is 64.5 Å². The Morgan fingerprint density at radius 3 is 2.71 bits per heavy atom. The fourth-order valence-electron chi connectivity index (χ4n) is 2.66. The number of hydrogen-bond donors (Lipinski definition) is 0. The van der Waals surface area contributed by atoms with Crippen molar-refractivity contribution in [2.24, 2.45) is 0 Å². The summed E-state index contributed by atoms with van der Waals surface area (Å²) in [6, 6.07) is 17.6. The van der Waals surface area contributed by atoms with Gasteiger partial charge in [0, 0.05) is 16.5 Å². The van der Waals surface area contributed by atoms with Gasteiger partial charge in [0.15, 0.2) is 6.61 Å². The molecule has 28 heavy (non-hydrogen) atoms. The molecule has 6 nitrogen and oxygen atoms in total. The number of hydrogen-bond acceptors (Lipinski definition) is 7. The van der Waals surface area contributed by atoms with Crippen LogP contribution in [0.2, 0.25) is 0 Å². The molecule has 0 fully saturated rings. The molecular formula is C21H17N3O3S. The minimum atomic E-state index is -0.388. The van der Waals surface area contributed by atoms with Crippen LogP contribution < -0.4 is 0 Å². The number of aryl methyl sites for hydroxylation is 1. The highest BCUT2D eigenvalue weighted by molar-refractivity contribution is 7.13. The third-order valence-electron chi connectivity index (χ3n) is 4.00. The van der Waals surface area contributed by atoms with Gasteiger partial charge >= 0.3 is 5.97 Å². The number of rotatable bonds is 6. The van der Waals surface area contributed by atoms with E-state index in [0.29, 0.717) is 11.5 Å². The van der Waals surface area contributed by atoms with Crippen molar-refractivity contribution < 1.29 is 14.1 Å². The molecule has 0 N–H and O–H groups in total. The van der Waals surface area contributed by atoms with Crippen LogP contribution in [-0.2, 0) is 22.6 Å². The zero-order chi connectivity index (χ0) is 19.3. The Kier molecular flexibility index (Phi) is 5.25. The van der Waals surface area contributed by atoms with Crippen LogP contribution in [0.3, 0.4) is 0 Å². The van der Waals surface area contributed by atoms with E-state index >= 15 is 0 Å². The van der Waals surface area contributed by atoms with E-state index in [1.54, 1.807) is 0 Å². The van der Waals surface area contributed by atoms with Gasteiger partial charge < -0.3 is 9.26 Å². The Balaban J connectivity index is 1.34. The molecular weight excluding hydrogens is 374 g/mol. The van der Waals surface area contributed by atoms with Gasteiger partial charge in [-0.25, -0.2) is 4.98 Å². The summed E-state index contributed by atoms with van der Waals surface area (Å²) in [7, 11) is 0. The van der Waals surface area contributed by atoms with Crippen molar-refractivity contribution in [3.8, 4) is 22.0 Å². The highest BCUT2D eigenvalue weighted by atomic mass is 32.1. The van der Waals surface area contributed by atoms with Crippen LogP contribution in [0.1, 0.15) is 17.1 Å². The largest absolute Gasteiger partial charge is 0.455 e. The van der Waals surface area contributed by atoms with E-state index in [0.717, 1.165) is 16.1 Å². The lowest BCUT2D eigenvalue weighted by Crippen LogP contribution is -2.08. The van der Waals surface area contributed by atoms with Crippen LogP contribution >= 0.6 is 11.3 Å². The van der Waals surface area contributed by atoms with E-state index in [-0.39, 0.29) is 24.9 Å². The maximum absolute atomic E-state index is 12.1. The molecule has 0 aliphatic carbocycles. The summed E-state index contributed by atoms with van der Waals surface area (Å²) in [6.07, 6.45) is 0.0992. The van der Waals surface area contributed by atoms with Crippen LogP contribution in [-0.4, -0.2) is 21.1 Å². The molecule has 0 aliphatic heterocycles. The van der Waals surface area contributed by atoms with Crippen molar-refractivity contribution in [3.63, 3.8) is 0 Å². The molecule has 2 aromatic heterocycles. The molecule has 4 rings (SSSR count). The number of carbonyl (C=O) groups is 1. The summed E-state index contributed by atoms with van der Waals surface area (Å²) in [4.78, 5) is 20.9. The SMILES string of the molecule is Cc1cccc(-c2nc(CC(=O)OCc3nc(-c4ccccc4)no3)cs2)c1. The third kappa shape index (κ3) is 4.32. The molecule has 0 saturated carbocycles. The van der Waals surface area contributed by atoms with Gasteiger partial charge in [-0.15, -0.1) is 11.3 Å². The Morgan fingerprint density at radius 1 is 1.07 bits per heavy atom. The molecule has 2 heterocycles. The fraction of sp³-hybridized carbons (Fsp3) is 0.143. The monoisotopic (exact) mass is 391 g/mol. The summed E-state index contributed by atoms with van der Waals surface area (Å²) >= 11 is 1.51. The Hall–Kier alpha value is -3.32. The zero-order valence-electron chi connectivity index (χ0n) is 15.2. The Morgan fingerprint density at radius 2 is 1.89 bits per heavy atom. The highest BCUT2D eigenvalue weighted by Crippen LogP contribution is 2.24. The predicted molar refractivity (Wildman–Crippen MR) is 106 cm³/mol. The van der Waals surface area contributed by atoms with Gasteiger partial charge in [0.1, 0.15) is 5.01 Å². The van der Waals surface area contributed by atoms with Gasteiger partial charge in [-0.3, -0.25) is 4.79 Å². The van der Waals surface area contributed by atoms with Crippen LogP contribution in [0.5, 0.6) is 0 Å². The first-order chi connectivity index (χ1) is 13.7. The molecule has 0 amide bonds. The van der Waals surface area contributed by atoms with Crippen molar-refractivity contribution in [1.29, 1.82) is 0 Å². The van der Waals surface area contributed by atoms with Crippen LogP contribution in [0.25, 0.3) is 22.0 Å². The van der Waals surface area contributed by atoms with E-state index in [4.69, 9.17) is 9.26 Å². The van der Waals surface area contributed by atoms with Crippen molar-refractivity contribution in [2.45, 2.75) is 20.0 Å². The molecule has 0 unspecified atom stereocenters. The lowest BCUT2D eigenvalue weighted by molar-refractivity contribution is -0.144. The van der Waals surface area contributed by atoms with Gasteiger partial charge in [-0.05, 0) is 13.0 Å². The smallest absolute Gasteiger partial charge is 0.312 e. The van der Waals surface area contributed by atoms with Crippen molar-refractivity contribution in [3.05, 3.63) is 77.1 Å². The first kappa shape index (κ1) is 18.1. The van der Waals surface area contributed by atoms with Crippen LogP contribution in [0.4, 0.5) is 0 Å². The summed E-state index contributed by atoms with van der Waals surface area (Å²) < 4.78 is 10.4. The van der Waals surface area contributed by atoms with Gasteiger partial charge in [0.25, 0.3) is 5.89 Å². The highest BCUT2D eigenvalue weighted by Gasteiger charge is 2.13. The minimum Gasteiger partial charge on any atom is -0.455 e. The molecule has 0 aliphatic rings. The average molecular weight is 391 g/mol. The van der Waals surface area contributed by atoms with E-state index in [2.05, 4.69) is 21.2 Å². The maximum atomic E-state index is 12.1. The molecule has 0 saturated heterocycles. The van der Waals surface area contributed by atoms with E-state index in [1.807, 2.05) is 60.8 Å². The van der Waals surface area contributed by atoms with Gasteiger partial charge in [0.2, 0.25) is 5.82 Å². The zero-order valence-corrected chi connectivity index (χ0v) is 16.0. The number of carbonyl (C=O) groups excluding carboxylic acids is 1. The average Bonchev–Trinajstić information content (AvgIpc) is 3.37. The fourth-order valence-corrected chi connectivity index (χ4v) is 3.47. The Labute approximate surface area is 165 Å². The summed E-state index contributed by atoms with van der Waals surface area (Å²) in [5, 5.41) is 6.66. The number of nitrogens with zero attached hydrogens (tertiary/aromatic N) is 3. The maximum Gasteiger partial charge on any atom is 0.312 e. The van der Waals surface area contributed by atoms with Crippen LogP contribution in [0, 0.1) is 6.92 Å². The topological polar surface area (TPSA) is 78.1 Å². The second-order valence-corrected chi connectivity index (χ2v) is 7.09. The lowest BCUT2D eigenvalue weighted by atomic mass is 10.1. The Bertz CT molecular complexity index is 1090. The summed E-state index contributed by atoms with van der Waals surface area (Å²) in [5.74, 6) is 0.334. The number of aromatic nitrogens is 3. The molecule has 4 aromatic rings. The van der Waals surface area contributed by atoms with E-state index in [9.17, 15) is 4.79 Å². The molecule has 0 spiro atoms. The van der Waals surface area contributed by atoms with E-state index in [1.165, 1.54) is 16.9 Å². The third-order valence-corrected chi connectivity index (χ3v) is 4.94. The van der Waals surface area contributed by atoms with Crippen molar-refractivity contribution in [1.82, 2.24) is 15.1 Å². The van der Waals surface area contributed by atoms with E-state index < -0.39 is 0 Å². The summed E-state index contributed by atoms with van der Waals surface area (Å²) in [5.41, 5.74) is 3.74. The second kappa shape index (κ2) is 8.14. The normalized spacial score (nSPS) is 10.8. The molecule has 0 bridgehead atoms. The number of thiazole rings is 1. The minimum absolute atomic E-state index is 0.0620. The first-order valence-electron chi connectivity index (χ1n) is 8.72. The second-order valence-electron chi connectivity index (χ2n) is 6.23. The lowest BCUT2D eigenvalue weighted by Gasteiger charge is -2.00. The molecule has 0 radical (unpaired) electrons. The summed E-state index contributed by atoms with van der Waals surface area (Å²) in [6.45, 7) is 1.98. The quantitative estimate of drug-likeness (QED) is 0.452. The number of esters is 1. The predicted octanol–water partition coefficient (Wildman–Crippen LogP) is 4.45. The molecule has 2 aromatic carbocycles. The first-order valence-corrected chi connectivity index (χ1v) is 9.60. The van der Waals surface area contributed by atoms with Gasteiger partial charge in [-0.1, -0.05) is 59.3 Å². The van der Waals surface area contributed by atoms with Gasteiger partial charge in [0.05, 0.1) is 12.1 Å². The standard InChI is InChI=1S/C21H17N3O3S/c1-14-6-5-9-16(10-14)21-22-17(13-28-21)11-19(25)26-12-18-23-20(24-27-18)15-7-3-2-4-8-15/h2-10,13H,11-12H2,1H3. The van der Waals surface area contributed by atoms with Crippen molar-refractivity contribution in [2.75, 3.05) is 0 Å². The number of benzene rings is 2. The van der Waals surface area contributed by atoms with Crippen molar-refractivity contribution >= 4 is 17.3 Å². The molecule has 7 heteroatoms. The van der Waals surface area contributed by atoms with Gasteiger partial charge in [-0.2, -0.15) is 4.98 Å². The molecule has 0 atom stereocenters. The number of ether oxygens (including phenoxy) is 1. The molecule has 140 valence electrons.